The molecule has 0 bridgehead atoms. The second-order valence-corrected chi connectivity index (χ2v) is 12.5. The number of phenols is 3. The quantitative estimate of drug-likeness (QED) is 0.189. The molecule has 5 N–H and O–H groups in total. The van der Waals surface area contributed by atoms with Crippen LogP contribution in [0.4, 0.5) is 11.4 Å². The lowest BCUT2D eigenvalue weighted by Gasteiger charge is -2.44. The number of anilines is 2. The van der Waals surface area contributed by atoms with Crippen LogP contribution in [-0.2, 0) is 19.2 Å². The van der Waals surface area contributed by atoms with Crippen LogP contribution in [0.15, 0.2) is 66.2 Å². The number of phenolic OH excluding ortho intramolecular Hbond substituents is 1. The van der Waals surface area contributed by atoms with E-state index in [2.05, 4.69) is 0 Å². The van der Waals surface area contributed by atoms with Crippen molar-refractivity contribution >= 4 is 46.9 Å². The molecule has 6 atom stereocenters. The minimum Gasteiger partial charge on any atom is -0.507 e. The summed E-state index contributed by atoms with van der Waals surface area (Å²) in [6, 6.07) is 11.3. The minimum absolute atomic E-state index is 0.00938. The lowest BCUT2D eigenvalue weighted by atomic mass is 9.57. The van der Waals surface area contributed by atoms with Crippen LogP contribution in [0.25, 0.3) is 0 Å². The summed E-state index contributed by atoms with van der Waals surface area (Å²) in [5.74, 6) is -11.8. The maximum Gasteiger partial charge on any atom is 0.339 e. The van der Waals surface area contributed by atoms with E-state index in [1.807, 2.05) is 0 Å². The molecule has 1 saturated carbocycles. The normalized spacial score (nSPS) is 25.9. The highest BCUT2D eigenvalue weighted by Crippen LogP contribution is 2.59. The number of hydrogen-bond donors (Lipinski definition) is 5. The van der Waals surface area contributed by atoms with E-state index in [0.29, 0.717) is 11.1 Å². The number of hydrogen-bond acceptors (Lipinski definition) is 10. The first-order chi connectivity index (χ1) is 23.3. The van der Waals surface area contributed by atoms with E-state index >= 15 is 0 Å². The van der Waals surface area contributed by atoms with Gasteiger partial charge in [-0.05, 0) is 60.7 Å². The van der Waals surface area contributed by atoms with E-state index in [4.69, 9.17) is 4.74 Å². The Morgan fingerprint density at radius 3 is 1.76 bits per heavy atom. The molecular formula is C35H28N2O12. The van der Waals surface area contributed by atoms with Crippen molar-refractivity contribution in [3.63, 3.8) is 0 Å². The van der Waals surface area contributed by atoms with Gasteiger partial charge in [-0.3, -0.25) is 19.2 Å². The summed E-state index contributed by atoms with van der Waals surface area (Å²) in [5.41, 5.74) is 0.283. The third-order valence-electron chi connectivity index (χ3n) is 10.2. The Morgan fingerprint density at radius 1 is 0.673 bits per heavy atom. The number of carboxylic acids is 2. The van der Waals surface area contributed by atoms with Crippen molar-refractivity contribution in [2.45, 2.75) is 18.8 Å². The summed E-state index contributed by atoms with van der Waals surface area (Å²) in [5, 5.41) is 49.7. The van der Waals surface area contributed by atoms with E-state index in [1.165, 1.54) is 25.3 Å². The van der Waals surface area contributed by atoms with Gasteiger partial charge in [0.2, 0.25) is 23.6 Å². The predicted molar refractivity (Wildman–Crippen MR) is 167 cm³/mol. The Bertz CT molecular complexity index is 2050. The molecule has 49 heavy (non-hydrogen) atoms. The largest absolute Gasteiger partial charge is 0.507 e. The van der Waals surface area contributed by atoms with E-state index < -0.39 is 93.7 Å². The van der Waals surface area contributed by atoms with Crippen LogP contribution in [-0.4, -0.2) is 68.2 Å². The molecule has 2 aliphatic carbocycles. The average molecular weight is 669 g/mol. The Hall–Kier alpha value is -6.18. The molecule has 14 nitrogen and oxygen atoms in total. The second kappa shape index (κ2) is 11.2. The Balaban J connectivity index is 1.32. The molecular weight excluding hydrogens is 640 g/mol. The van der Waals surface area contributed by atoms with Gasteiger partial charge in [0.15, 0.2) is 11.5 Å². The van der Waals surface area contributed by atoms with Crippen LogP contribution in [0.1, 0.15) is 45.0 Å². The second-order valence-electron chi connectivity index (χ2n) is 12.5. The summed E-state index contributed by atoms with van der Waals surface area (Å²) in [6.45, 7) is 0. The lowest BCUT2D eigenvalue weighted by Crippen LogP contribution is -2.43. The molecule has 250 valence electrons. The average Bonchev–Trinajstić information content (AvgIpc) is 3.47. The van der Waals surface area contributed by atoms with Gasteiger partial charge < -0.3 is 30.3 Å². The van der Waals surface area contributed by atoms with Crippen LogP contribution in [0.2, 0.25) is 0 Å². The van der Waals surface area contributed by atoms with E-state index in [9.17, 15) is 54.3 Å². The first kappa shape index (κ1) is 31.4. The first-order valence-corrected chi connectivity index (χ1v) is 15.3. The Morgan fingerprint density at radius 2 is 1.22 bits per heavy atom. The SMILES string of the molecule is COc1cc(C2C3=CCC4C(=O)N(c5ccc(C(=O)O)c(O)c5)C(=O)C4C3CC3C(=O)N(c4ccc(C(=O)O)c(O)c4)C(=O)C32)ccc1O. The number of nitrogens with zero attached hydrogens (tertiary/aromatic N) is 2. The number of ether oxygens (including phenoxy) is 1. The van der Waals surface area contributed by atoms with Gasteiger partial charge in [0.1, 0.15) is 22.6 Å². The summed E-state index contributed by atoms with van der Waals surface area (Å²) >= 11 is 0. The number of benzene rings is 3. The van der Waals surface area contributed by atoms with Gasteiger partial charge in [0, 0.05) is 18.1 Å². The fourth-order valence-corrected chi connectivity index (χ4v) is 8.04. The summed E-state index contributed by atoms with van der Waals surface area (Å²) in [7, 11) is 1.35. The molecule has 7 rings (SSSR count). The van der Waals surface area contributed by atoms with E-state index in [1.54, 1.807) is 18.2 Å². The van der Waals surface area contributed by atoms with Gasteiger partial charge in [0.05, 0.1) is 42.2 Å². The molecule has 3 aromatic carbocycles. The summed E-state index contributed by atoms with van der Waals surface area (Å²) in [4.78, 5) is 81.1. The van der Waals surface area contributed by atoms with Crippen LogP contribution in [0.5, 0.6) is 23.0 Å². The van der Waals surface area contributed by atoms with Crippen LogP contribution < -0.4 is 14.5 Å². The number of aromatic hydroxyl groups is 3. The fourth-order valence-electron chi connectivity index (χ4n) is 8.04. The number of carboxylic acid groups (broad SMARTS) is 2. The molecule has 3 aromatic rings. The van der Waals surface area contributed by atoms with Crippen molar-refractivity contribution in [3.8, 4) is 23.0 Å². The molecule has 0 spiro atoms. The molecule has 3 fully saturated rings. The molecule has 0 aromatic heterocycles. The number of fused-ring (bicyclic) bond motifs is 4. The Kier molecular flexibility index (Phi) is 7.19. The van der Waals surface area contributed by atoms with Crippen LogP contribution in [0.3, 0.4) is 0 Å². The predicted octanol–water partition coefficient (Wildman–Crippen LogP) is 3.25. The third-order valence-corrected chi connectivity index (χ3v) is 10.2. The van der Waals surface area contributed by atoms with Gasteiger partial charge in [-0.1, -0.05) is 17.7 Å². The number of amides is 4. The fraction of sp³-hybridized carbons (Fsp3) is 0.257. The van der Waals surface area contributed by atoms with E-state index in [0.717, 1.165) is 34.1 Å². The highest BCUT2D eigenvalue weighted by Gasteiger charge is 2.62. The van der Waals surface area contributed by atoms with Gasteiger partial charge in [-0.2, -0.15) is 0 Å². The van der Waals surface area contributed by atoms with E-state index in [-0.39, 0.29) is 35.7 Å². The maximum absolute atomic E-state index is 14.3. The highest BCUT2D eigenvalue weighted by atomic mass is 16.5. The molecule has 2 saturated heterocycles. The van der Waals surface area contributed by atoms with Crippen molar-refractivity contribution in [1.29, 1.82) is 0 Å². The van der Waals surface area contributed by atoms with Crippen LogP contribution in [0, 0.1) is 29.6 Å². The summed E-state index contributed by atoms with van der Waals surface area (Å²) < 4.78 is 5.33. The number of methoxy groups -OCH3 is 1. The zero-order chi connectivity index (χ0) is 35.0. The summed E-state index contributed by atoms with van der Waals surface area (Å²) in [6.07, 6.45) is 1.94. The van der Waals surface area contributed by atoms with Gasteiger partial charge >= 0.3 is 11.9 Å². The van der Waals surface area contributed by atoms with Crippen molar-refractivity contribution in [3.05, 3.63) is 82.9 Å². The Labute approximate surface area is 277 Å². The van der Waals surface area contributed by atoms with Crippen molar-refractivity contribution in [2.75, 3.05) is 16.9 Å². The third kappa shape index (κ3) is 4.62. The molecule has 2 aliphatic heterocycles. The van der Waals surface area contributed by atoms with Crippen molar-refractivity contribution < 1.29 is 59.0 Å². The van der Waals surface area contributed by atoms with Crippen LogP contribution >= 0.6 is 0 Å². The lowest BCUT2D eigenvalue weighted by molar-refractivity contribution is -0.126. The van der Waals surface area contributed by atoms with Gasteiger partial charge in [-0.25, -0.2) is 19.4 Å². The van der Waals surface area contributed by atoms with Gasteiger partial charge in [0.25, 0.3) is 0 Å². The minimum atomic E-state index is -1.40. The number of rotatable bonds is 6. The molecule has 4 amide bonds. The van der Waals surface area contributed by atoms with Gasteiger partial charge in [-0.15, -0.1) is 0 Å². The molecule has 0 radical (unpaired) electrons. The molecule has 2 heterocycles. The highest BCUT2D eigenvalue weighted by molar-refractivity contribution is 6.24. The number of allylic oxidation sites excluding steroid dienone is 2. The first-order valence-electron chi connectivity index (χ1n) is 15.3. The standard InChI is InChI=1S/C35H28N2O12/c1-49-26-10-14(2-9-23(26)38)27-17-7-8-20-28(32(43)36(30(20)41)15-3-5-18(34(45)46)24(39)11-15)21(17)13-22-29(27)33(44)37(31(22)42)16-4-6-19(35(47)48)25(40)12-16/h2-7,9-12,20-22,27-29,38-40H,8,13H2,1H3,(H,45,46)(H,47,48). The number of carbonyl (C=O) groups is 6. The molecule has 14 heteroatoms. The van der Waals surface area contributed by atoms with Crippen molar-refractivity contribution in [1.82, 2.24) is 0 Å². The number of imide groups is 2. The number of aromatic carboxylic acids is 2. The maximum atomic E-state index is 14.3. The molecule has 6 unspecified atom stereocenters. The van der Waals surface area contributed by atoms with Crippen molar-refractivity contribution in [2.24, 2.45) is 29.6 Å². The zero-order valence-electron chi connectivity index (χ0n) is 25.6. The smallest absolute Gasteiger partial charge is 0.339 e. The topological polar surface area (TPSA) is 219 Å². The zero-order valence-corrected chi connectivity index (χ0v) is 25.6. The molecule has 4 aliphatic rings. The number of carbonyl (C=O) groups excluding carboxylic acids is 4. The monoisotopic (exact) mass is 668 g/mol.